The van der Waals surface area contributed by atoms with Crippen molar-refractivity contribution in [1.82, 2.24) is 0 Å². The van der Waals surface area contributed by atoms with E-state index in [1.165, 1.54) is 12.0 Å². The van der Waals surface area contributed by atoms with Crippen LogP contribution in [0.1, 0.15) is 25.8 Å². The molecule has 1 aromatic carbocycles. The van der Waals surface area contributed by atoms with E-state index in [4.69, 9.17) is 13.8 Å². The Kier molecular flexibility index (Phi) is 5.48. The smallest absolute Gasteiger partial charge is 0.353 e. The zero-order chi connectivity index (χ0) is 18.0. The first-order valence-corrected chi connectivity index (χ1v) is 9.26. The zero-order valence-corrected chi connectivity index (χ0v) is 15.2. The number of anilines is 1. The minimum atomic E-state index is -4.02. The molecule has 0 radical (unpaired) electrons. The number of esters is 1. The number of nitrogens with zero attached hydrogens (tertiary/aromatic N) is 1. The van der Waals surface area contributed by atoms with E-state index in [0.29, 0.717) is 11.3 Å². The van der Waals surface area contributed by atoms with Gasteiger partial charge in [-0.05, 0) is 19.9 Å². The lowest BCUT2D eigenvalue weighted by Gasteiger charge is -2.42. The van der Waals surface area contributed by atoms with Gasteiger partial charge < -0.3 is 18.7 Å². The van der Waals surface area contributed by atoms with Crippen molar-refractivity contribution in [2.45, 2.75) is 25.4 Å². The summed E-state index contributed by atoms with van der Waals surface area (Å²) in [6.45, 7) is 3.45. The molecule has 0 saturated carbocycles. The highest BCUT2D eigenvalue weighted by molar-refractivity contribution is 7.56. The second-order valence-corrected chi connectivity index (χ2v) is 7.61. The summed E-state index contributed by atoms with van der Waals surface area (Å²) in [7, 11) is -1.22. The fourth-order valence-corrected chi connectivity index (χ4v) is 5.31. The number of para-hydroxylation sites is 1. The first kappa shape index (κ1) is 18.6. The highest BCUT2D eigenvalue weighted by atomic mass is 31.2. The molecule has 0 bridgehead atoms. The molecule has 1 atom stereocenters. The summed E-state index contributed by atoms with van der Waals surface area (Å²) in [5.74, 6) is -1.17. The fourth-order valence-electron chi connectivity index (χ4n) is 2.99. The van der Waals surface area contributed by atoms with Crippen LogP contribution in [-0.2, 0) is 33.1 Å². The number of methoxy groups -OCH3 is 1. The average Bonchev–Trinajstić information content (AvgIpc) is 2.57. The van der Waals surface area contributed by atoms with Crippen molar-refractivity contribution in [3.05, 3.63) is 29.8 Å². The summed E-state index contributed by atoms with van der Waals surface area (Å²) in [5, 5.41) is -1.81. The molecule has 1 heterocycles. The number of hydrogen-bond acceptors (Lipinski definition) is 6. The van der Waals surface area contributed by atoms with Crippen LogP contribution in [0.3, 0.4) is 0 Å². The molecule has 1 aliphatic heterocycles. The summed E-state index contributed by atoms with van der Waals surface area (Å²) < 4.78 is 29.4. The van der Waals surface area contributed by atoms with Crippen molar-refractivity contribution in [2.24, 2.45) is 0 Å². The standard InChI is InChI=1S/C16H22NO6P/c1-5-22-24(20,23-6-2)16(15(19)21-4)11-14(18)17(3)13-10-8-7-9-12(13)16/h7-10H,5-6,11H2,1-4H3/t16-/m0/s1. The molecule has 132 valence electrons. The third-order valence-electron chi connectivity index (χ3n) is 4.08. The maximum Gasteiger partial charge on any atom is 0.353 e. The van der Waals surface area contributed by atoms with E-state index >= 15 is 0 Å². The van der Waals surface area contributed by atoms with E-state index in [1.54, 1.807) is 45.2 Å². The average molecular weight is 355 g/mol. The van der Waals surface area contributed by atoms with Gasteiger partial charge in [0, 0.05) is 18.3 Å². The zero-order valence-electron chi connectivity index (χ0n) is 14.3. The van der Waals surface area contributed by atoms with Crippen LogP contribution >= 0.6 is 7.60 Å². The van der Waals surface area contributed by atoms with Crippen LogP contribution in [0.15, 0.2) is 24.3 Å². The Bertz CT molecular complexity index is 681. The van der Waals surface area contributed by atoms with Crippen molar-refractivity contribution < 1.29 is 27.9 Å². The molecule has 0 unspecified atom stereocenters. The molecular weight excluding hydrogens is 333 g/mol. The topological polar surface area (TPSA) is 82.1 Å². The van der Waals surface area contributed by atoms with Crippen LogP contribution in [0, 0.1) is 0 Å². The van der Waals surface area contributed by atoms with Crippen molar-refractivity contribution >= 4 is 25.2 Å². The van der Waals surface area contributed by atoms with Gasteiger partial charge in [-0.1, -0.05) is 18.2 Å². The van der Waals surface area contributed by atoms with Gasteiger partial charge in [0.1, 0.15) is 0 Å². The summed E-state index contributed by atoms with van der Waals surface area (Å²) in [6.07, 6.45) is -0.343. The van der Waals surface area contributed by atoms with Crippen LogP contribution in [0.25, 0.3) is 0 Å². The molecular formula is C16H22NO6P. The van der Waals surface area contributed by atoms with Gasteiger partial charge in [0.15, 0.2) is 0 Å². The molecule has 2 rings (SSSR count). The third-order valence-corrected chi connectivity index (χ3v) is 6.79. The maximum absolute atomic E-state index is 13.6. The molecule has 1 amide bonds. The predicted molar refractivity (Wildman–Crippen MR) is 89.0 cm³/mol. The van der Waals surface area contributed by atoms with Gasteiger partial charge in [0.25, 0.3) is 0 Å². The van der Waals surface area contributed by atoms with Gasteiger partial charge in [0.2, 0.25) is 11.1 Å². The SMILES string of the molecule is CCOP(=O)(OCC)[C@@]1(C(=O)OC)CC(=O)N(C)c2ccccc21. The summed E-state index contributed by atoms with van der Waals surface area (Å²) in [6, 6.07) is 6.79. The largest absolute Gasteiger partial charge is 0.468 e. The first-order chi connectivity index (χ1) is 11.4. The number of fused-ring (bicyclic) bond motifs is 1. The number of rotatable bonds is 6. The lowest BCUT2D eigenvalue weighted by molar-refractivity contribution is -0.147. The van der Waals surface area contributed by atoms with E-state index in [1.807, 2.05) is 0 Å². The fraction of sp³-hybridized carbons (Fsp3) is 0.500. The number of carbonyl (C=O) groups excluding carboxylic acids is 2. The summed E-state index contributed by atoms with van der Waals surface area (Å²) in [5.41, 5.74) is 0.892. The Balaban J connectivity index is 2.82. The highest BCUT2D eigenvalue weighted by Gasteiger charge is 2.63. The second-order valence-electron chi connectivity index (χ2n) is 5.33. The second kappa shape index (κ2) is 7.05. The molecule has 0 fully saturated rings. The predicted octanol–water partition coefficient (Wildman–Crippen LogP) is 2.69. The van der Waals surface area contributed by atoms with Crippen LogP contribution in [0.2, 0.25) is 0 Å². The van der Waals surface area contributed by atoms with Crippen molar-refractivity contribution in [3.8, 4) is 0 Å². The maximum atomic E-state index is 13.6. The van der Waals surface area contributed by atoms with Crippen LogP contribution in [-0.4, -0.2) is 39.2 Å². The molecule has 1 aromatic rings. The quantitative estimate of drug-likeness (QED) is 0.576. The minimum Gasteiger partial charge on any atom is -0.468 e. The lowest BCUT2D eigenvalue weighted by atomic mass is 9.88. The highest BCUT2D eigenvalue weighted by Crippen LogP contribution is 2.69. The van der Waals surface area contributed by atoms with E-state index < -0.39 is 18.7 Å². The molecule has 1 aliphatic rings. The van der Waals surface area contributed by atoms with E-state index in [2.05, 4.69) is 0 Å². The monoisotopic (exact) mass is 355 g/mol. The molecule has 8 heteroatoms. The van der Waals surface area contributed by atoms with Crippen LogP contribution in [0.4, 0.5) is 5.69 Å². The molecule has 0 aromatic heterocycles. The molecule has 7 nitrogen and oxygen atoms in total. The Labute approximate surface area is 141 Å². The van der Waals surface area contributed by atoms with Gasteiger partial charge in [-0.25, -0.2) is 0 Å². The van der Waals surface area contributed by atoms with Gasteiger partial charge >= 0.3 is 13.6 Å². The van der Waals surface area contributed by atoms with Gasteiger partial charge in [-0.2, -0.15) is 0 Å². The Morgan fingerprint density at radius 1 is 1.25 bits per heavy atom. The number of benzene rings is 1. The molecule has 0 saturated heterocycles. The normalized spacial score (nSPS) is 20.7. The van der Waals surface area contributed by atoms with E-state index in [-0.39, 0.29) is 25.5 Å². The van der Waals surface area contributed by atoms with Gasteiger partial charge in [-0.15, -0.1) is 0 Å². The number of hydrogen-bond donors (Lipinski definition) is 0. The Hall–Kier alpha value is -1.69. The number of ether oxygens (including phenoxy) is 1. The van der Waals surface area contributed by atoms with Crippen molar-refractivity contribution in [2.75, 3.05) is 32.3 Å². The Morgan fingerprint density at radius 3 is 2.38 bits per heavy atom. The number of amides is 1. The van der Waals surface area contributed by atoms with E-state index in [0.717, 1.165) is 0 Å². The van der Waals surface area contributed by atoms with Crippen molar-refractivity contribution in [1.29, 1.82) is 0 Å². The molecule has 24 heavy (non-hydrogen) atoms. The molecule has 0 aliphatic carbocycles. The third kappa shape index (κ3) is 2.66. The van der Waals surface area contributed by atoms with Crippen LogP contribution < -0.4 is 4.90 Å². The summed E-state index contributed by atoms with van der Waals surface area (Å²) >= 11 is 0. The van der Waals surface area contributed by atoms with E-state index in [9.17, 15) is 14.2 Å². The first-order valence-electron chi connectivity index (χ1n) is 7.71. The van der Waals surface area contributed by atoms with Gasteiger partial charge in [0.05, 0.1) is 26.7 Å². The Morgan fingerprint density at radius 2 is 1.83 bits per heavy atom. The van der Waals surface area contributed by atoms with Crippen molar-refractivity contribution in [3.63, 3.8) is 0 Å². The molecule has 0 N–H and O–H groups in total. The van der Waals surface area contributed by atoms with Gasteiger partial charge in [-0.3, -0.25) is 14.2 Å². The summed E-state index contributed by atoms with van der Waals surface area (Å²) in [4.78, 5) is 26.7. The lowest BCUT2D eigenvalue weighted by Crippen LogP contribution is -2.48. The van der Waals surface area contributed by atoms with Crippen LogP contribution in [0.5, 0.6) is 0 Å². The number of carbonyl (C=O) groups is 2. The molecule has 0 spiro atoms. The minimum absolute atomic E-state index is 0.0716.